The third-order valence-electron chi connectivity index (χ3n) is 5.81. The van der Waals surface area contributed by atoms with Crippen LogP contribution in [-0.4, -0.2) is 40.9 Å². The van der Waals surface area contributed by atoms with Gasteiger partial charge in [0.05, 0.1) is 12.2 Å². The summed E-state index contributed by atoms with van der Waals surface area (Å²) in [4.78, 5) is 21.2. The number of aromatic nitrogens is 4. The summed E-state index contributed by atoms with van der Waals surface area (Å²) in [7, 11) is 4.00. The van der Waals surface area contributed by atoms with Crippen LogP contribution in [0.15, 0.2) is 65.7 Å². The molecule has 0 saturated carbocycles. The normalized spacial score (nSPS) is 10.9. The largest absolute Gasteiger partial charge is 0.494 e. The Hall–Kier alpha value is -3.87. The Labute approximate surface area is 199 Å². The molecule has 0 fully saturated rings. The molecule has 0 bridgehead atoms. The van der Waals surface area contributed by atoms with Gasteiger partial charge in [-0.1, -0.05) is 38.3 Å². The molecule has 7 nitrogen and oxygen atoms in total. The molecule has 7 heteroatoms. The molecule has 2 aromatic heterocycles. The Bertz CT molecular complexity index is 1240. The van der Waals surface area contributed by atoms with E-state index in [1.54, 1.807) is 0 Å². The van der Waals surface area contributed by atoms with Crippen LogP contribution in [0.5, 0.6) is 5.75 Å². The minimum absolute atomic E-state index is 0.225. The molecular formula is C27H31N5O2. The number of rotatable bonds is 10. The van der Waals surface area contributed by atoms with Crippen molar-refractivity contribution >= 4 is 5.69 Å². The average molecular weight is 458 g/mol. The number of hydrogen-bond donors (Lipinski definition) is 2. The smallest absolute Gasteiger partial charge is 0.260 e. The monoisotopic (exact) mass is 457 g/mol. The molecule has 4 rings (SSSR count). The van der Waals surface area contributed by atoms with E-state index in [0.29, 0.717) is 11.4 Å². The van der Waals surface area contributed by atoms with E-state index in [9.17, 15) is 4.79 Å². The van der Waals surface area contributed by atoms with Gasteiger partial charge in [-0.25, -0.2) is 0 Å². The number of aromatic amines is 2. The van der Waals surface area contributed by atoms with Gasteiger partial charge in [-0.05, 0) is 60.0 Å². The molecule has 34 heavy (non-hydrogen) atoms. The Balaban J connectivity index is 1.66. The molecule has 176 valence electrons. The van der Waals surface area contributed by atoms with Crippen LogP contribution in [0.2, 0.25) is 0 Å². The second kappa shape index (κ2) is 10.8. The lowest BCUT2D eigenvalue weighted by Crippen LogP contribution is -2.13. The number of benzene rings is 2. The fraction of sp³-hybridized carbons (Fsp3) is 0.296. The number of anilines is 1. The van der Waals surface area contributed by atoms with Crippen LogP contribution in [0.3, 0.4) is 0 Å². The average Bonchev–Trinajstić information content (AvgIpc) is 3.38. The molecule has 0 aliphatic rings. The zero-order chi connectivity index (χ0) is 23.9. The van der Waals surface area contributed by atoms with Crippen molar-refractivity contribution < 1.29 is 4.74 Å². The second-order valence-corrected chi connectivity index (χ2v) is 8.51. The predicted octanol–water partition coefficient (Wildman–Crippen LogP) is 5.52. The van der Waals surface area contributed by atoms with Crippen molar-refractivity contribution in [3.05, 3.63) is 71.3 Å². The molecular weight excluding hydrogens is 426 g/mol. The van der Waals surface area contributed by atoms with Crippen LogP contribution < -0.4 is 15.2 Å². The highest BCUT2D eigenvalue weighted by Gasteiger charge is 2.17. The minimum atomic E-state index is -0.225. The second-order valence-electron chi connectivity index (χ2n) is 8.51. The van der Waals surface area contributed by atoms with Gasteiger partial charge < -0.3 is 19.6 Å². The molecule has 0 spiro atoms. The first kappa shape index (κ1) is 23.3. The summed E-state index contributed by atoms with van der Waals surface area (Å²) in [6, 6.07) is 17.9. The van der Waals surface area contributed by atoms with E-state index in [4.69, 9.17) is 4.74 Å². The minimum Gasteiger partial charge on any atom is -0.494 e. The number of H-pyrrole nitrogens is 2. The third-order valence-corrected chi connectivity index (χ3v) is 5.81. The van der Waals surface area contributed by atoms with Crippen molar-refractivity contribution in [1.82, 2.24) is 20.2 Å². The summed E-state index contributed by atoms with van der Waals surface area (Å²) in [6.45, 7) is 2.92. The molecule has 0 atom stereocenters. The summed E-state index contributed by atoms with van der Waals surface area (Å²) in [5.74, 6) is 1.27. The Morgan fingerprint density at radius 1 is 0.941 bits per heavy atom. The zero-order valence-electron chi connectivity index (χ0n) is 20.0. The van der Waals surface area contributed by atoms with E-state index in [-0.39, 0.29) is 5.56 Å². The quantitative estimate of drug-likeness (QED) is 0.306. The van der Waals surface area contributed by atoms with E-state index >= 15 is 0 Å². The summed E-state index contributed by atoms with van der Waals surface area (Å²) in [5.41, 5.74) is 4.68. The Morgan fingerprint density at radius 2 is 1.68 bits per heavy atom. The first-order valence-corrected chi connectivity index (χ1v) is 11.7. The van der Waals surface area contributed by atoms with Crippen LogP contribution in [0, 0.1) is 0 Å². The first-order valence-electron chi connectivity index (χ1n) is 11.7. The number of nitrogens with one attached hydrogen (secondary N) is 2. The van der Waals surface area contributed by atoms with Gasteiger partial charge in [0.2, 0.25) is 0 Å². The Kier molecular flexibility index (Phi) is 7.42. The zero-order valence-corrected chi connectivity index (χ0v) is 20.0. The topological polar surface area (TPSA) is 86.9 Å². The van der Waals surface area contributed by atoms with Gasteiger partial charge in [0.25, 0.3) is 5.56 Å². The van der Waals surface area contributed by atoms with Crippen LogP contribution in [0.1, 0.15) is 32.6 Å². The molecule has 0 radical (unpaired) electrons. The Morgan fingerprint density at radius 3 is 2.32 bits per heavy atom. The lowest BCUT2D eigenvalue weighted by atomic mass is 9.97. The van der Waals surface area contributed by atoms with Gasteiger partial charge in [-0.15, -0.1) is 10.2 Å². The van der Waals surface area contributed by atoms with E-state index in [1.165, 1.54) is 25.6 Å². The third kappa shape index (κ3) is 5.36. The molecule has 2 heterocycles. The molecule has 0 saturated heterocycles. The van der Waals surface area contributed by atoms with Gasteiger partial charge >= 0.3 is 0 Å². The molecule has 2 N–H and O–H groups in total. The van der Waals surface area contributed by atoms with Gasteiger partial charge in [0.1, 0.15) is 12.1 Å². The molecule has 0 aliphatic heterocycles. The highest BCUT2D eigenvalue weighted by Crippen LogP contribution is 2.32. The van der Waals surface area contributed by atoms with Crippen LogP contribution >= 0.6 is 0 Å². The van der Waals surface area contributed by atoms with Crippen molar-refractivity contribution in [2.45, 2.75) is 32.6 Å². The highest BCUT2D eigenvalue weighted by atomic mass is 16.5. The fourth-order valence-electron chi connectivity index (χ4n) is 3.89. The maximum Gasteiger partial charge on any atom is 0.260 e. The van der Waals surface area contributed by atoms with Crippen molar-refractivity contribution in [2.24, 2.45) is 0 Å². The maximum atomic E-state index is 13.2. The number of hydrogen-bond acceptors (Lipinski definition) is 5. The number of ether oxygens (including phenoxy) is 1. The van der Waals surface area contributed by atoms with Crippen LogP contribution in [-0.2, 0) is 0 Å². The van der Waals surface area contributed by atoms with E-state index in [2.05, 4.69) is 27.1 Å². The van der Waals surface area contributed by atoms with E-state index < -0.39 is 0 Å². The summed E-state index contributed by atoms with van der Waals surface area (Å²) < 4.78 is 5.86. The van der Waals surface area contributed by atoms with Crippen molar-refractivity contribution in [3.8, 4) is 39.5 Å². The predicted molar refractivity (Wildman–Crippen MR) is 137 cm³/mol. The summed E-state index contributed by atoms with van der Waals surface area (Å²) in [6.07, 6.45) is 6.17. The highest BCUT2D eigenvalue weighted by molar-refractivity contribution is 5.83. The molecule has 0 aliphatic carbocycles. The van der Waals surface area contributed by atoms with Gasteiger partial charge in [0.15, 0.2) is 5.82 Å². The molecule has 0 amide bonds. The standard InChI is InChI=1S/C27H31N5O2/c1-4-5-6-7-16-34-22-14-10-20(11-15-22)24-17-23(19-8-12-21(13-9-19)32(2)3)25(27(33)30-24)26-28-18-29-31-26/h8-15,17-18H,4-7,16H2,1-3H3,(H,30,33)(H,28,29,31). The number of nitrogens with zero attached hydrogens (tertiary/aromatic N) is 3. The van der Waals surface area contributed by atoms with Crippen LogP contribution in [0.4, 0.5) is 5.69 Å². The van der Waals surface area contributed by atoms with Crippen molar-refractivity contribution in [2.75, 3.05) is 25.6 Å². The van der Waals surface area contributed by atoms with Gasteiger partial charge in [-0.2, -0.15) is 0 Å². The molecule has 2 aromatic carbocycles. The van der Waals surface area contributed by atoms with Crippen molar-refractivity contribution in [1.29, 1.82) is 0 Å². The molecule has 0 unspecified atom stereocenters. The molecule has 4 aromatic rings. The number of pyridine rings is 1. The SMILES string of the molecule is CCCCCCOc1ccc(-c2cc(-c3ccc(N(C)C)cc3)c(-c3nnc[nH]3)c(=O)[nH]2)cc1. The van der Waals surface area contributed by atoms with Gasteiger partial charge in [0, 0.05) is 31.0 Å². The summed E-state index contributed by atoms with van der Waals surface area (Å²) in [5, 5.41) is 7.95. The lowest BCUT2D eigenvalue weighted by Gasteiger charge is -2.14. The first-order chi connectivity index (χ1) is 16.6. The maximum absolute atomic E-state index is 13.2. The van der Waals surface area contributed by atoms with Crippen LogP contribution in [0.25, 0.3) is 33.8 Å². The van der Waals surface area contributed by atoms with E-state index in [1.807, 2.05) is 73.6 Å². The fourth-order valence-corrected chi connectivity index (χ4v) is 3.89. The summed E-state index contributed by atoms with van der Waals surface area (Å²) >= 11 is 0. The van der Waals surface area contributed by atoms with E-state index in [0.717, 1.165) is 46.8 Å². The number of unbranched alkanes of at least 4 members (excludes halogenated alkanes) is 3. The van der Waals surface area contributed by atoms with Gasteiger partial charge in [-0.3, -0.25) is 4.79 Å². The van der Waals surface area contributed by atoms with Crippen molar-refractivity contribution in [3.63, 3.8) is 0 Å². The lowest BCUT2D eigenvalue weighted by molar-refractivity contribution is 0.305.